The van der Waals surface area contributed by atoms with Crippen LogP contribution in [0.25, 0.3) is 11.3 Å². The molecule has 0 aliphatic carbocycles. The summed E-state index contributed by atoms with van der Waals surface area (Å²) in [4.78, 5) is 27.6. The third-order valence-corrected chi connectivity index (χ3v) is 5.22. The summed E-state index contributed by atoms with van der Waals surface area (Å²) in [5, 5.41) is 0.566. The van der Waals surface area contributed by atoms with Crippen LogP contribution in [0.1, 0.15) is 34.4 Å². The number of carbonyl (C=O) groups excluding carboxylic acids is 1. The van der Waals surface area contributed by atoms with E-state index >= 15 is 0 Å². The normalized spacial score (nSPS) is 13.3. The van der Waals surface area contributed by atoms with E-state index < -0.39 is 5.97 Å². The molecule has 0 saturated carbocycles. The molecule has 4 rings (SSSR count). The van der Waals surface area contributed by atoms with E-state index in [1.165, 1.54) is 0 Å². The number of anilines is 1. The van der Waals surface area contributed by atoms with Crippen molar-refractivity contribution in [3.63, 3.8) is 0 Å². The Morgan fingerprint density at radius 3 is 2.79 bits per heavy atom. The second kappa shape index (κ2) is 7.83. The molecule has 8 heteroatoms. The first-order valence-corrected chi connectivity index (χ1v) is 9.91. The van der Waals surface area contributed by atoms with Gasteiger partial charge in [-0.15, -0.1) is 0 Å². The number of carbonyl (C=O) groups is 1. The first kappa shape index (κ1) is 19.4. The summed E-state index contributed by atoms with van der Waals surface area (Å²) >= 11 is 6.44. The minimum atomic E-state index is -0.395. The maximum Gasteiger partial charge on any atom is 0.358 e. The van der Waals surface area contributed by atoms with Crippen molar-refractivity contribution in [1.29, 1.82) is 0 Å². The number of aryl methyl sites for hydroxylation is 2. The highest BCUT2D eigenvalue weighted by atomic mass is 35.5. The fraction of sp³-hybridized carbons (Fsp3) is 0.333. The van der Waals surface area contributed by atoms with Gasteiger partial charge in [0.25, 0.3) is 0 Å². The molecular weight excluding hydrogens is 390 g/mol. The molecule has 0 fully saturated rings. The van der Waals surface area contributed by atoms with Crippen molar-refractivity contribution < 1.29 is 9.53 Å². The smallest absolute Gasteiger partial charge is 0.358 e. The first-order valence-electron chi connectivity index (χ1n) is 9.53. The van der Waals surface area contributed by atoms with E-state index in [9.17, 15) is 4.79 Å². The Bertz CT molecular complexity index is 1080. The minimum Gasteiger partial charge on any atom is -0.461 e. The standard InChI is InChI=1S/C21H22ClN5O2/c1-4-29-21(28)17-11-26-5-6-27(12-19(26)25-17)18-8-15(16(22)10-23-18)20-14(3)7-13(2)9-24-20/h7-11H,4-6,12H2,1-3H3. The number of fused-ring (bicyclic) bond motifs is 1. The minimum absolute atomic E-state index is 0.330. The van der Waals surface area contributed by atoms with Gasteiger partial charge in [-0.1, -0.05) is 17.7 Å². The topological polar surface area (TPSA) is 73.1 Å². The fourth-order valence-corrected chi connectivity index (χ4v) is 3.72. The van der Waals surface area contributed by atoms with Gasteiger partial charge in [0.15, 0.2) is 5.69 Å². The van der Waals surface area contributed by atoms with Crippen molar-refractivity contribution >= 4 is 23.4 Å². The molecule has 0 N–H and O–H groups in total. The SMILES string of the molecule is CCOC(=O)c1cn2c(n1)CN(c1cc(-c3ncc(C)cc3C)c(Cl)cn1)CC2. The van der Waals surface area contributed by atoms with E-state index in [4.69, 9.17) is 16.3 Å². The quantitative estimate of drug-likeness (QED) is 0.608. The Morgan fingerprint density at radius 2 is 2.03 bits per heavy atom. The number of hydrogen-bond donors (Lipinski definition) is 0. The number of aromatic nitrogens is 4. The van der Waals surface area contributed by atoms with E-state index in [-0.39, 0.29) is 0 Å². The molecule has 3 aromatic rings. The van der Waals surface area contributed by atoms with Gasteiger partial charge in [0, 0.05) is 37.2 Å². The number of esters is 1. The fourth-order valence-electron chi connectivity index (χ4n) is 3.53. The second-order valence-corrected chi connectivity index (χ2v) is 7.49. The zero-order chi connectivity index (χ0) is 20.5. The number of hydrogen-bond acceptors (Lipinski definition) is 6. The number of halogens is 1. The van der Waals surface area contributed by atoms with E-state index in [1.807, 2.05) is 30.7 Å². The third-order valence-electron chi connectivity index (χ3n) is 4.92. The van der Waals surface area contributed by atoms with Gasteiger partial charge in [-0.05, 0) is 38.0 Å². The molecule has 4 heterocycles. The molecule has 0 aromatic carbocycles. The maximum absolute atomic E-state index is 12.0. The van der Waals surface area contributed by atoms with Gasteiger partial charge in [-0.25, -0.2) is 14.8 Å². The van der Waals surface area contributed by atoms with Gasteiger partial charge in [0.05, 0.1) is 23.9 Å². The van der Waals surface area contributed by atoms with Crippen LogP contribution in [-0.4, -0.2) is 38.6 Å². The van der Waals surface area contributed by atoms with Gasteiger partial charge < -0.3 is 14.2 Å². The highest BCUT2D eigenvalue weighted by molar-refractivity contribution is 6.33. The van der Waals surface area contributed by atoms with Gasteiger partial charge >= 0.3 is 5.97 Å². The summed E-state index contributed by atoms with van der Waals surface area (Å²) in [6.45, 7) is 8.17. The molecule has 0 saturated heterocycles. The zero-order valence-corrected chi connectivity index (χ0v) is 17.4. The van der Waals surface area contributed by atoms with Crippen LogP contribution in [0, 0.1) is 13.8 Å². The lowest BCUT2D eigenvalue weighted by Crippen LogP contribution is -2.34. The second-order valence-electron chi connectivity index (χ2n) is 7.08. The number of rotatable bonds is 4. The Hall–Kier alpha value is -2.93. The number of nitrogens with zero attached hydrogens (tertiary/aromatic N) is 5. The summed E-state index contributed by atoms with van der Waals surface area (Å²) in [6.07, 6.45) is 5.26. The number of pyridine rings is 2. The largest absolute Gasteiger partial charge is 0.461 e. The van der Waals surface area contributed by atoms with Gasteiger partial charge in [0.1, 0.15) is 11.6 Å². The third kappa shape index (κ3) is 3.82. The Kier molecular flexibility index (Phi) is 5.24. The summed E-state index contributed by atoms with van der Waals surface area (Å²) < 4.78 is 7.04. The molecule has 0 unspecified atom stereocenters. The molecule has 0 atom stereocenters. The van der Waals surface area contributed by atoms with Crippen LogP contribution < -0.4 is 4.90 Å². The lowest BCUT2D eigenvalue weighted by Gasteiger charge is -2.29. The van der Waals surface area contributed by atoms with Crippen molar-refractivity contribution in [2.75, 3.05) is 18.1 Å². The van der Waals surface area contributed by atoms with Crippen molar-refractivity contribution in [2.24, 2.45) is 0 Å². The number of imidazole rings is 1. The molecule has 0 radical (unpaired) electrons. The average molecular weight is 412 g/mol. The molecule has 0 amide bonds. The van der Waals surface area contributed by atoms with Crippen LogP contribution in [0.3, 0.4) is 0 Å². The molecule has 150 valence electrons. The van der Waals surface area contributed by atoms with Crippen molar-refractivity contribution in [3.8, 4) is 11.3 Å². The molecule has 1 aliphatic rings. The molecule has 3 aromatic heterocycles. The highest BCUT2D eigenvalue weighted by Crippen LogP contribution is 2.32. The summed E-state index contributed by atoms with van der Waals surface area (Å²) in [6, 6.07) is 4.06. The predicted molar refractivity (Wildman–Crippen MR) is 111 cm³/mol. The summed E-state index contributed by atoms with van der Waals surface area (Å²) in [5.74, 6) is 1.22. The van der Waals surface area contributed by atoms with Crippen LogP contribution in [0.4, 0.5) is 5.82 Å². The van der Waals surface area contributed by atoms with Crippen LogP contribution in [0.15, 0.2) is 30.7 Å². The monoisotopic (exact) mass is 411 g/mol. The summed E-state index contributed by atoms with van der Waals surface area (Å²) in [5.41, 5.74) is 4.23. The van der Waals surface area contributed by atoms with E-state index in [0.717, 1.165) is 40.6 Å². The van der Waals surface area contributed by atoms with Crippen LogP contribution >= 0.6 is 11.6 Å². The Balaban J connectivity index is 1.62. The van der Waals surface area contributed by atoms with Crippen molar-refractivity contribution in [1.82, 2.24) is 19.5 Å². The van der Waals surface area contributed by atoms with E-state index in [0.29, 0.717) is 30.4 Å². The van der Waals surface area contributed by atoms with Crippen LogP contribution in [0.5, 0.6) is 0 Å². The maximum atomic E-state index is 12.0. The van der Waals surface area contributed by atoms with Crippen molar-refractivity contribution in [3.05, 3.63) is 58.4 Å². The first-order chi connectivity index (χ1) is 14.0. The molecule has 0 spiro atoms. The summed E-state index contributed by atoms with van der Waals surface area (Å²) in [7, 11) is 0. The van der Waals surface area contributed by atoms with Gasteiger partial charge in [-0.3, -0.25) is 4.98 Å². The molecule has 1 aliphatic heterocycles. The van der Waals surface area contributed by atoms with Crippen molar-refractivity contribution in [2.45, 2.75) is 33.9 Å². The Morgan fingerprint density at radius 1 is 1.21 bits per heavy atom. The lowest BCUT2D eigenvalue weighted by molar-refractivity contribution is 0.0520. The molecule has 29 heavy (non-hydrogen) atoms. The zero-order valence-electron chi connectivity index (χ0n) is 16.6. The van der Waals surface area contributed by atoms with Crippen LogP contribution in [-0.2, 0) is 17.8 Å². The predicted octanol–water partition coefficient (Wildman–Crippen LogP) is 3.81. The number of ether oxygens (including phenoxy) is 1. The average Bonchev–Trinajstić information content (AvgIpc) is 3.12. The van der Waals surface area contributed by atoms with Crippen LogP contribution in [0.2, 0.25) is 5.02 Å². The Labute approximate surface area is 174 Å². The molecule has 0 bridgehead atoms. The molecule has 7 nitrogen and oxygen atoms in total. The highest BCUT2D eigenvalue weighted by Gasteiger charge is 2.23. The molecular formula is C21H22ClN5O2. The van der Waals surface area contributed by atoms with E-state index in [2.05, 4.69) is 25.9 Å². The lowest BCUT2D eigenvalue weighted by atomic mass is 10.1. The van der Waals surface area contributed by atoms with Gasteiger partial charge in [-0.2, -0.15) is 0 Å². The van der Waals surface area contributed by atoms with Gasteiger partial charge in [0.2, 0.25) is 0 Å². The van der Waals surface area contributed by atoms with E-state index in [1.54, 1.807) is 19.3 Å².